The molecule has 0 saturated carbocycles. The van der Waals surface area contributed by atoms with E-state index < -0.39 is 19.8 Å². The predicted octanol–water partition coefficient (Wildman–Crippen LogP) is 6.20. The summed E-state index contributed by atoms with van der Waals surface area (Å²) in [7, 11) is 0. The monoisotopic (exact) mass is 413 g/mol. The van der Waals surface area contributed by atoms with Gasteiger partial charge in [-0.05, 0) is 0 Å². The topological polar surface area (TPSA) is 0 Å². The molecule has 0 bridgehead atoms. The Hall–Kier alpha value is 1.28. The van der Waals surface area contributed by atoms with Gasteiger partial charge in [-0.2, -0.15) is 0 Å². The Morgan fingerprint density at radius 1 is 0.588 bits per heavy atom. The van der Waals surface area contributed by atoms with Gasteiger partial charge in [0.2, 0.25) is 0 Å². The molecule has 0 rings (SSSR count). The van der Waals surface area contributed by atoms with Crippen LogP contribution in [0.15, 0.2) is 0 Å². The summed E-state index contributed by atoms with van der Waals surface area (Å²) in [5.41, 5.74) is 0. The van der Waals surface area contributed by atoms with Gasteiger partial charge in [0.15, 0.2) is 0 Å². The average Bonchev–Trinajstić information content (AvgIpc) is 2.15. The number of hydrogen-bond donors (Lipinski definition) is 0. The van der Waals surface area contributed by atoms with Crippen molar-refractivity contribution in [1.29, 1.82) is 0 Å². The Bertz CT molecular complexity index is 126. The Kier molecular flexibility index (Phi) is 14.9. The third-order valence-electron chi connectivity index (χ3n) is 3.23. The first-order valence-corrected chi connectivity index (χ1v) is 13.3. The van der Waals surface area contributed by atoms with Crippen molar-refractivity contribution in [3.63, 3.8) is 0 Å². The van der Waals surface area contributed by atoms with Crippen molar-refractivity contribution < 1.29 is 0 Å². The number of halogens is 1. The maximum absolute atomic E-state index is 2.38. The van der Waals surface area contributed by atoms with E-state index in [9.17, 15) is 0 Å². The standard InChI is InChI=1S/3C5H11.BrH.Sn/c3*1-4-5(2)3;;/h3*5H,1,4H2,2-3H3;1H;. The second-order valence-corrected chi connectivity index (χ2v) is 15.1. The minimum atomic E-state index is -0.982. The molecule has 0 amide bonds. The molecule has 0 aromatic carbocycles. The van der Waals surface area contributed by atoms with Crippen molar-refractivity contribution in [2.45, 2.75) is 74.1 Å². The van der Waals surface area contributed by atoms with E-state index in [4.69, 9.17) is 0 Å². The summed E-state index contributed by atoms with van der Waals surface area (Å²) in [6.45, 7) is 14.3. The maximum atomic E-state index is 2.38. The van der Waals surface area contributed by atoms with Gasteiger partial charge in [-0.25, -0.2) is 0 Å². The average molecular weight is 413 g/mol. The molecule has 0 unspecified atom stereocenters. The van der Waals surface area contributed by atoms with Crippen molar-refractivity contribution in [2.24, 2.45) is 17.8 Å². The molecule has 0 fully saturated rings. The summed E-state index contributed by atoms with van der Waals surface area (Å²) in [4.78, 5) is 0. The molecular formula is C15H34BrSn. The minimum absolute atomic E-state index is 0. The van der Waals surface area contributed by atoms with Gasteiger partial charge in [0.1, 0.15) is 0 Å². The SMILES string of the molecule is Br.CC(C)C[CH2][Sn]([CH2]CC(C)C)[CH2]CC(C)C. The molecule has 0 aromatic rings. The Morgan fingerprint density at radius 3 is 1.00 bits per heavy atom. The first-order valence-electron chi connectivity index (χ1n) is 7.25. The zero-order chi connectivity index (χ0) is 12.6. The molecule has 0 spiro atoms. The number of rotatable bonds is 9. The predicted molar refractivity (Wildman–Crippen MR) is 88.9 cm³/mol. The molecule has 0 N–H and O–H groups in total. The molecule has 1 radical (unpaired) electrons. The van der Waals surface area contributed by atoms with Gasteiger partial charge in [-0.15, -0.1) is 17.0 Å². The Labute approximate surface area is 128 Å². The number of hydrogen-bond acceptors (Lipinski definition) is 0. The van der Waals surface area contributed by atoms with Crippen LogP contribution in [0.3, 0.4) is 0 Å². The second kappa shape index (κ2) is 12.3. The van der Waals surface area contributed by atoms with Crippen LogP contribution in [0.25, 0.3) is 0 Å². The van der Waals surface area contributed by atoms with Crippen LogP contribution in [0.5, 0.6) is 0 Å². The fourth-order valence-corrected chi connectivity index (χ4v) is 12.4. The summed E-state index contributed by atoms with van der Waals surface area (Å²) in [5.74, 6) is 2.77. The normalized spacial score (nSPS) is 11.6. The first-order chi connectivity index (χ1) is 7.41. The van der Waals surface area contributed by atoms with Gasteiger partial charge >= 0.3 is 112 Å². The molecule has 0 aliphatic carbocycles. The van der Waals surface area contributed by atoms with Gasteiger partial charge in [-0.3, -0.25) is 0 Å². The Balaban J connectivity index is 0. The summed E-state index contributed by atoms with van der Waals surface area (Å²) in [6.07, 6.45) is 4.51. The van der Waals surface area contributed by atoms with Crippen molar-refractivity contribution in [1.82, 2.24) is 0 Å². The summed E-state index contributed by atoms with van der Waals surface area (Å²) < 4.78 is 4.96. The van der Waals surface area contributed by atoms with Gasteiger partial charge in [0.05, 0.1) is 0 Å². The fourth-order valence-electron chi connectivity index (χ4n) is 1.85. The molecule has 105 valence electrons. The van der Waals surface area contributed by atoms with Crippen LogP contribution in [0, 0.1) is 17.8 Å². The van der Waals surface area contributed by atoms with Crippen molar-refractivity contribution in [3.05, 3.63) is 0 Å². The third kappa shape index (κ3) is 15.2. The van der Waals surface area contributed by atoms with E-state index in [1.807, 2.05) is 0 Å². The van der Waals surface area contributed by atoms with Crippen LogP contribution in [-0.2, 0) is 0 Å². The van der Waals surface area contributed by atoms with E-state index in [1.54, 1.807) is 13.3 Å². The molecule has 0 atom stereocenters. The molecule has 17 heavy (non-hydrogen) atoms. The van der Waals surface area contributed by atoms with E-state index in [1.165, 1.54) is 19.3 Å². The zero-order valence-corrected chi connectivity index (χ0v) is 17.5. The quantitative estimate of drug-likeness (QED) is 0.395. The van der Waals surface area contributed by atoms with E-state index in [-0.39, 0.29) is 17.0 Å². The van der Waals surface area contributed by atoms with Gasteiger partial charge in [0.25, 0.3) is 0 Å². The third-order valence-corrected chi connectivity index (χ3v) is 11.8. The van der Waals surface area contributed by atoms with Crippen LogP contribution >= 0.6 is 17.0 Å². The molecule has 0 aliphatic heterocycles. The van der Waals surface area contributed by atoms with Crippen molar-refractivity contribution in [3.8, 4) is 0 Å². The molecule has 0 heterocycles. The van der Waals surface area contributed by atoms with E-state index in [2.05, 4.69) is 41.5 Å². The molecule has 2 heteroatoms. The fraction of sp³-hybridized carbons (Fsp3) is 1.00. The first kappa shape index (κ1) is 20.6. The van der Waals surface area contributed by atoms with Gasteiger partial charge in [0, 0.05) is 0 Å². The van der Waals surface area contributed by atoms with Crippen LogP contribution in [0.1, 0.15) is 60.8 Å². The van der Waals surface area contributed by atoms with Gasteiger partial charge < -0.3 is 0 Å². The summed E-state index contributed by atoms with van der Waals surface area (Å²) in [5, 5.41) is 0. The second-order valence-electron chi connectivity index (χ2n) is 6.55. The van der Waals surface area contributed by atoms with Crippen LogP contribution in [-0.4, -0.2) is 19.8 Å². The van der Waals surface area contributed by atoms with Crippen LogP contribution < -0.4 is 0 Å². The summed E-state index contributed by atoms with van der Waals surface area (Å²) in [6, 6.07) is 0. The zero-order valence-electron chi connectivity index (χ0n) is 12.9. The molecule has 0 saturated heterocycles. The summed E-state index contributed by atoms with van der Waals surface area (Å²) >= 11 is -0.982. The molecule has 0 aromatic heterocycles. The van der Waals surface area contributed by atoms with E-state index >= 15 is 0 Å². The van der Waals surface area contributed by atoms with Crippen molar-refractivity contribution in [2.75, 3.05) is 0 Å². The van der Waals surface area contributed by atoms with E-state index in [0.717, 1.165) is 17.8 Å². The van der Waals surface area contributed by atoms with Crippen LogP contribution in [0.4, 0.5) is 0 Å². The molecular weight excluding hydrogens is 379 g/mol. The van der Waals surface area contributed by atoms with E-state index in [0.29, 0.717) is 0 Å². The van der Waals surface area contributed by atoms with Crippen LogP contribution in [0.2, 0.25) is 13.3 Å². The molecule has 0 nitrogen and oxygen atoms in total. The Morgan fingerprint density at radius 2 is 0.824 bits per heavy atom. The van der Waals surface area contributed by atoms with Crippen molar-refractivity contribution >= 4 is 36.7 Å². The van der Waals surface area contributed by atoms with Gasteiger partial charge in [-0.1, -0.05) is 0 Å². The molecule has 0 aliphatic rings.